The van der Waals surface area contributed by atoms with Gasteiger partial charge in [0.05, 0.1) is 17.0 Å². The minimum absolute atomic E-state index is 0.138. The van der Waals surface area contributed by atoms with Crippen molar-refractivity contribution in [1.29, 1.82) is 5.26 Å². The number of hydrogen-bond donors (Lipinski definition) is 2. The van der Waals surface area contributed by atoms with E-state index in [1.165, 1.54) is 12.4 Å². The quantitative estimate of drug-likeness (QED) is 0.813. The molecule has 68 valence electrons. The summed E-state index contributed by atoms with van der Waals surface area (Å²) in [7, 11) is 0. The van der Waals surface area contributed by atoms with Crippen molar-refractivity contribution in [3.63, 3.8) is 0 Å². The van der Waals surface area contributed by atoms with E-state index in [0.717, 1.165) is 0 Å². The van der Waals surface area contributed by atoms with Crippen LogP contribution in [0.1, 0.15) is 18.0 Å². The van der Waals surface area contributed by atoms with Crippen molar-refractivity contribution in [2.24, 2.45) is 5.73 Å². The SMILES string of the molecule is N#CC[C@H](N)c1c[nH]cc(Br)c1=O. The second-order valence-corrected chi connectivity index (χ2v) is 3.41. The number of nitrogens with zero attached hydrogens (tertiary/aromatic N) is 1. The predicted molar refractivity (Wildman–Crippen MR) is 51.9 cm³/mol. The van der Waals surface area contributed by atoms with Crippen LogP contribution in [0.4, 0.5) is 0 Å². The standard InChI is InChI=1S/C8H8BrN3O/c9-6-4-12-3-5(8(6)13)7(11)1-2-10/h3-4,7H,1,11H2,(H,12,13)/t7-/m0/s1. The van der Waals surface area contributed by atoms with Crippen molar-refractivity contribution in [3.05, 3.63) is 32.7 Å². The number of nitrogens with two attached hydrogens (primary N) is 1. The van der Waals surface area contributed by atoms with Crippen LogP contribution in [0.2, 0.25) is 0 Å². The minimum Gasteiger partial charge on any atom is -0.366 e. The highest BCUT2D eigenvalue weighted by Gasteiger charge is 2.10. The van der Waals surface area contributed by atoms with E-state index in [1.54, 1.807) is 0 Å². The molecule has 0 bridgehead atoms. The van der Waals surface area contributed by atoms with Crippen molar-refractivity contribution in [1.82, 2.24) is 4.98 Å². The number of rotatable bonds is 2. The van der Waals surface area contributed by atoms with E-state index in [0.29, 0.717) is 10.0 Å². The summed E-state index contributed by atoms with van der Waals surface area (Å²) in [5, 5.41) is 8.40. The van der Waals surface area contributed by atoms with Crippen molar-refractivity contribution in [2.75, 3.05) is 0 Å². The van der Waals surface area contributed by atoms with Gasteiger partial charge in [-0.15, -0.1) is 0 Å². The molecule has 1 rings (SSSR count). The van der Waals surface area contributed by atoms with Gasteiger partial charge in [-0.1, -0.05) is 0 Å². The molecule has 0 aliphatic carbocycles. The van der Waals surface area contributed by atoms with E-state index < -0.39 is 6.04 Å². The fourth-order valence-corrected chi connectivity index (χ4v) is 1.32. The molecule has 3 N–H and O–H groups in total. The zero-order chi connectivity index (χ0) is 9.84. The molecule has 4 nitrogen and oxygen atoms in total. The van der Waals surface area contributed by atoms with E-state index in [-0.39, 0.29) is 11.8 Å². The molecule has 0 saturated carbocycles. The molecule has 0 aliphatic heterocycles. The number of aromatic nitrogens is 1. The van der Waals surface area contributed by atoms with Gasteiger partial charge in [0, 0.05) is 24.0 Å². The van der Waals surface area contributed by atoms with Crippen LogP contribution in [-0.2, 0) is 0 Å². The van der Waals surface area contributed by atoms with Crippen LogP contribution in [-0.4, -0.2) is 4.98 Å². The van der Waals surface area contributed by atoms with Crippen LogP contribution >= 0.6 is 15.9 Å². The second-order valence-electron chi connectivity index (χ2n) is 2.56. The first-order chi connectivity index (χ1) is 6.16. The smallest absolute Gasteiger partial charge is 0.200 e. The lowest BCUT2D eigenvalue weighted by Gasteiger charge is -2.05. The average molecular weight is 242 g/mol. The van der Waals surface area contributed by atoms with Gasteiger partial charge in [0.25, 0.3) is 0 Å². The van der Waals surface area contributed by atoms with Gasteiger partial charge >= 0.3 is 0 Å². The molecule has 5 heteroatoms. The van der Waals surface area contributed by atoms with Crippen molar-refractivity contribution in [3.8, 4) is 6.07 Å². The Kier molecular flexibility index (Phi) is 3.23. The molecule has 0 fully saturated rings. The monoisotopic (exact) mass is 241 g/mol. The van der Waals surface area contributed by atoms with Gasteiger partial charge in [-0.2, -0.15) is 5.26 Å². The highest BCUT2D eigenvalue weighted by atomic mass is 79.9. The molecular formula is C8H8BrN3O. The Morgan fingerprint density at radius 3 is 3.00 bits per heavy atom. The molecule has 1 aromatic rings. The summed E-state index contributed by atoms with van der Waals surface area (Å²) in [6.07, 6.45) is 3.19. The fraction of sp³-hybridized carbons (Fsp3) is 0.250. The molecule has 0 radical (unpaired) electrons. The first-order valence-corrected chi connectivity index (χ1v) is 4.45. The van der Waals surface area contributed by atoms with E-state index in [2.05, 4.69) is 20.9 Å². The zero-order valence-corrected chi connectivity index (χ0v) is 8.34. The highest BCUT2D eigenvalue weighted by Crippen LogP contribution is 2.10. The summed E-state index contributed by atoms with van der Waals surface area (Å²) in [5.74, 6) is 0. The molecular weight excluding hydrogens is 234 g/mol. The molecule has 1 atom stereocenters. The van der Waals surface area contributed by atoms with Crippen LogP contribution in [0, 0.1) is 11.3 Å². The Morgan fingerprint density at radius 1 is 1.69 bits per heavy atom. The van der Waals surface area contributed by atoms with Gasteiger partial charge in [-0.3, -0.25) is 4.79 Å². The van der Waals surface area contributed by atoms with Crippen molar-refractivity contribution >= 4 is 15.9 Å². The van der Waals surface area contributed by atoms with Crippen LogP contribution < -0.4 is 11.2 Å². The molecule has 1 aromatic heterocycles. The van der Waals surface area contributed by atoms with Crippen LogP contribution in [0.15, 0.2) is 21.7 Å². The van der Waals surface area contributed by atoms with Gasteiger partial charge < -0.3 is 10.7 Å². The molecule has 0 unspecified atom stereocenters. The largest absolute Gasteiger partial charge is 0.366 e. The molecule has 13 heavy (non-hydrogen) atoms. The third-order valence-corrected chi connectivity index (χ3v) is 2.23. The summed E-state index contributed by atoms with van der Waals surface area (Å²) in [6, 6.07) is 1.40. The maximum Gasteiger partial charge on any atom is 0.200 e. The minimum atomic E-state index is -0.522. The molecule has 0 saturated heterocycles. The third-order valence-electron chi connectivity index (χ3n) is 1.64. The number of nitriles is 1. The van der Waals surface area contributed by atoms with Gasteiger partial charge in [0.1, 0.15) is 0 Å². The summed E-state index contributed by atoms with van der Waals surface area (Å²) in [4.78, 5) is 14.2. The van der Waals surface area contributed by atoms with Gasteiger partial charge in [-0.05, 0) is 15.9 Å². The maximum absolute atomic E-state index is 11.4. The van der Waals surface area contributed by atoms with Crippen molar-refractivity contribution < 1.29 is 0 Å². The average Bonchev–Trinajstić information content (AvgIpc) is 2.10. The number of halogens is 1. The molecule has 0 spiro atoms. The van der Waals surface area contributed by atoms with Gasteiger partial charge in [0.2, 0.25) is 0 Å². The van der Waals surface area contributed by atoms with E-state index in [9.17, 15) is 4.79 Å². The Labute approximate surface area is 83.5 Å². The summed E-state index contributed by atoms with van der Waals surface area (Å²) in [6.45, 7) is 0. The topological polar surface area (TPSA) is 82.7 Å². The Morgan fingerprint density at radius 2 is 2.38 bits per heavy atom. The first-order valence-electron chi connectivity index (χ1n) is 3.66. The van der Waals surface area contributed by atoms with E-state index >= 15 is 0 Å². The normalized spacial score (nSPS) is 12.1. The van der Waals surface area contributed by atoms with E-state index in [4.69, 9.17) is 11.0 Å². The lowest BCUT2D eigenvalue weighted by Crippen LogP contribution is -2.20. The van der Waals surface area contributed by atoms with E-state index in [1.807, 2.05) is 6.07 Å². The van der Waals surface area contributed by atoms with Crippen LogP contribution in [0.5, 0.6) is 0 Å². The zero-order valence-electron chi connectivity index (χ0n) is 6.75. The summed E-state index contributed by atoms with van der Waals surface area (Å²) >= 11 is 3.08. The third kappa shape index (κ3) is 2.17. The summed E-state index contributed by atoms with van der Waals surface area (Å²) < 4.78 is 0.429. The lowest BCUT2D eigenvalue weighted by molar-refractivity contribution is 0.736. The van der Waals surface area contributed by atoms with Crippen LogP contribution in [0.25, 0.3) is 0 Å². The molecule has 0 aromatic carbocycles. The number of pyridine rings is 1. The van der Waals surface area contributed by atoms with Crippen molar-refractivity contribution in [2.45, 2.75) is 12.5 Å². The molecule has 0 amide bonds. The Hall–Kier alpha value is -1.12. The van der Waals surface area contributed by atoms with Gasteiger partial charge in [-0.25, -0.2) is 0 Å². The highest BCUT2D eigenvalue weighted by molar-refractivity contribution is 9.10. The number of hydrogen-bond acceptors (Lipinski definition) is 3. The number of H-pyrrole nitrogens is 1. The lowest BCUT2D eigenvalue weighted by atomic mass is 10.1. The summed E-state index contributed by atoms with van der Waals surface area (Å²) in [5.41, 5.74) is 5.87. The second kappa shape index (κ2) is 4.21. The predicted octanol–water partition coefficient (Wildman–Crippen LogP) is 1.05. The van der Waals surface area contributed by atoms with Crippen LogP contribution in [0.3, 0.4) is 0 Å². The maximum atomic E-state index is 11.4. The molecule has 0 aliphatic rings. The number of aromatic amines is 1. The van der Waals surface area contributed by atoms with Gasteiger partial charge in [0.15, 0.2) is 5.43 Å². The first kappa shape index (κ1) is 9.96. The Bertz CT molecular complexity index is 393. The fourth-order valence-electron chi connectivity index (χ4n) is 0.957. The molecule has 1 heterocycles. The number of nitrogens with one attached hydrogen (secondary N) is 1. The Balaban J connectivity index is 3.10.